The molecular formula is C15H14BrN5O2. The molecule has 0 aliphatic carbocycles. The van der Waals surface area contributed by atoms with E-state index in [9.17, 15) is 9.59 Å². The molecule has 1 fully saturated rings. The minimum absolute atomic E-state index is 0.0245. The summed E-state index contributed by atoms with van der Waals surface area (Å²) in [5.74, 6) is -0.674. The molecule has 23 heavy (non-hydrogen) atoms. The van der Waals surface area contributed by atoms with Crippen LogP contribution in [0, 0.1) is 0 Å². The first-order valence-corrected chi connectivity index (χ1v) is 7.77. The second-order valence-corrected chi connectivity index (χ2v) is 6.05. The van der Waals surface area contributed by atoms with E-state index in [0.29, 0.717) is 13.1 Å². The summed E-state index contributed by atoms with van der Waals surface area (Å²) in [4.78, 5) is 24.8. The summed E-state index contributed by atoms with van der Waals surface area (Å²) in [7, 11) is 0. The van der Waals surface area contributed by atoms with E-state index in [1.165, 1.54) is 6.20 Å². The van der Waals surface area contributed by atoms with Crippen molar-refractivity contribution in [3.05, 3.63) is 52.3 Å². The Kier molecular flexibility index (Phi) is 4.24. The van der Waals surface area contributed by atoms with Crippen molar-refractivity contribution in [2.24, 2.45) is 5.73 Å². The fraction of sp³-hybridized carbons (Fsp3) is 0.200. The first-order valence-electron chi connectivity index (χ1n) is 6.98. The molecule has 1 saturated heterocycles. The molecular weight excluding hydrogens is 362 g/mol. The number of nitrogens with zero attached hydrogens (tertiary/aromatic N) is 4. The van der Waals surface area contributed by atoms with E-state index >= 15 is 0 Å². The topological polar surface area (TPSA) is 94.1 Å². The Hall–Kier alpha value is -2.48. The van der Waals surface area contributed by atoms with Gasteiger partial charge in [-0.05, 0) is 17.7 Å². The van der Waals surface area contributed by atoms with E-state index in [4.69, 9.17) is 5.73 Å². The number of aromatic nitrogens is 3. The lowest BCUT2D eigenvalue weighted by Gasteiger charge is -2.38. The Morgan fingerprint density at radius 1 is 1.30 bits per heavy atom. The Labute approximate surface area is 140 Å². The van der Waals surface area contributed by atoms with Crippen LogP contribution in [-0.4, -0.2) is 44.8 Å². The van der Waals surface area contributed by atoms with Crippen molar-refractivity contribution in [1.29, 1.82) is 0 Å². The monoisotopic (exact) mass is 375 g/mol. The third-order valence-corrected chi connectivity index (χ3v) is 4.34. The minimum Gasteiger partial charge on any atom is -0.364 e. The molecule has 0 bridgehead atoms. The molecule has 2 N–H and O–H groups in total. The van der Waals surface area contributed by atoms with Crippen LogP contribution < -0.4 is 5.73 Å². The van der Waals surface area contributed by atoms with Gasteiger partial charge in [-0.1, -0.05) is 39.3 Å². The van der Waals surface area contributed by atoms with Gasteiger partial charge in [0, 0.05) is 23.6 Å². The molecule has 1 aromatic carbocycles. The van der Waals surface area contributed by atoms with E-state index in [1.54, 1.807) is 21.7 Å². The molecule has 3 rings (SSSR count). The number of nitrogens with two attached hydrogens (primary N) is 1. The molecule has 8 heteroatoms. The van der Waals surface area contributed by atoms with Gasteiger partial charge in [-0.2, -0.15) is 0 Å². The van der Waals surface area contributed by atoms with Crippen LogP contribution in [0.25, 0.3) is 6.08 Å². The number of primary amides is 1. The number of rotatable bonds is 4. The summed E-state index contributed by atoms with van der Waals surface area (Å²) in [5.41, 5.74) is 6.21. The second-order valence-electron chi connectivity index (χ2n) is 5.20. The predicted molar refractivity (Wildman–Crippen MR) is 87.3 cm³/mol. The fourth-order valence-corrected chi connectivity index (χ4v) is 2.66. The maximum absolute atomic E-state index is 12.1. The highest BCUT2D eigenvalue weighted by atomic mass is 79.9. The molecule has 0 atom stereocenters. The van der Waals surface area contributed by atoms with Gasteiger partial charge in [0.25, 0.3) is 5.91 Å². The van der Waals surface area contributed by atoms with E-state index in [-0.39, 0.29) is 17.6 Å². The predicted octanol–water partition coefficient (Wildman–Crippen LogP) is 1.24. The van der Waals surface area contributed by atoms with Crippen LogP contribution in [0.15, 0.2) is 41.0 Å². The van der Waals surface area contributed by atoms with Gasteiger partial charge in [-0.25, -0.2) is 4.68 Å². The van der Waals surface area contributed by atoms with E-state index in [2.05, 4.69) is 26.2 Å². The fourth-order valence-electron chi connectivity index (χ4n) is 2.25. The van der Waals surface area contributed by atoms with Gasteiger partial charge in [0.2, 0.25) is 5.91 Å². The molecule has 1 aliphatic rings. The van der Waals surface area contributed by atoms with Crippen LogP contribution in [0.1, 0.15) is 22.1 Å². The summed E-state index contributed by atoms with van der Waals surface area (Å²) in [6.07, 6.45) is 4.83. The van der Waals surface area contributed by atoms with Crippen molar-refractivity contribution in [3.63, 3.8) is 0 Å². The van der Waals surface area contributed by atoms with Crippen LogP contribution in [0.4, 0.5) is 0 Å². The van der Waals surface area contributed by atoms with Crippen LogP contribution >= 0.6 is 15.9 Å². The zero-order valence-corrected chi connectivity index (χ0v) is 13.7. The number of carbonyl (C=O) groups is 2. The van der Waals surface area contributed by atoms with Crippen molar-refractivity contribution in [1.82, 2.24) is 19.9 Å². The van der Waals surface area contributed by atoms with Crippen molar-refractivity contribution >= 4 is 33.8 Å². The zero-order chi connectivity index (χ0) is 16.4. The molecule has 0 unspecified atom stereocenters. The van der Waals surface area contributed by atoms with Crippen LogP contribution in [0.3, 0.4) is 0 Å². The lowest BCUT2D eigenvalue weighted by Crippen LogP contribution is -2.50. The van der Waals surface area contributed by atoms with Crippen molar-refractivity contribution in [2.45, 2.75) is 6.04 Å². The van der Waals surface area contributed by atoms with E-state index in [0.717, 1.165) is 10.0 Å². The summed E-state index contributed by atoms with van der Waals surface area (Å²) in [5, 5.41) is 7.55. The van der Waals surface area contributed by atoms with Crippen LogP contribution in [0.5, 0.6) is 0 Å². The number of hydrogen-bond donors (Lipinski definition) is 1. The average Bonchev–Trinajstić information content (AvgIpc) is 2.94. The molecule has 2 heterocycles. The Morgan fingerprint density at radius 2 is 2.04 bits per heavy atom. The molecule has 2 amide bonds. The van der Waals surface area contributed by atoms with Crippen LogP contribution in [0.2, 0.25) is 0 Å². The number of carbonyl (C=O) groups excluding carboxylic acids is 2. The largest absolute Gasteiger partial charge is 0.364 e. The molecule has 1 aliphatic heterocycles. The van der Waals surface area contributed by atoms with Gasteiger partial charge < -0.3 is 10.6 Å². The molecule has 7 nitrogen and oxygen atoms in total. The molecule has 0 radical (unpaired) electrons. The molecule has 0 saturated carbocycles. The van der Waals surface area contributed by atoms with Crippen molar-refractivity contribution < 1.29 is 9.59 Å². The lowest BCUT2D eigenvalue weighted by molar-refractivity contribution is -0.131. The van der Waals surface area contributed by atoms with E-state index < -0.39 is 5.91 Å². The molecule has 118 valence electrons. The Balaban J connectivity index is 1.57. The summed E-state index contributed by atoms with van der Waals surface area (Å²) in [6.45, 7) is 1.06. The highest BCUT2D eigenvalue weighted by molar-refractivity contribution is 9.10. The second kappa shape index (κ2) is 6.33. The number of benzene rings is 1. The zero-order valence-electron chi connectivity index (χ0n) is 12.1. The van der Waals surface area contributed by atoms with Crippen LogP contribution in [-0.2, 0) is 4.79 Å². The number of likely N-dealkylation sites (tertiary alicyclic amines) is 1. The quantitative estimate of drug-likeness (QED) is 0.813. The minimum atomic E-state index is -0.611. The smallest absolute Gasteiger partial charge is 0.270 e. The molecule has 0 spiro atoms. The van der Waals surface area contributed by atoms with Gasteiger partial charge in [0.15, 0.2) is 5.69 Å². The van der Waals surface area contributed by atoms with Gasteiger partial charge in [0.1, 0.15) is 0 Å². The summed E-state index contributed by atoms with van der Waals surface area (Å²) in [6, 6.07) is 7.70. The SMILES string of the molecule is NC(=O)c1cn(C2CN(C(=O)/C=C/c3ccccc3Br)C2)nn1. The Bertz CT molecular complexity index is 780. The number of halogens is 1. The van der Waals surface area contributed by atoms with Gasteiger partial charge in [-0.3, -0.25) is 9.59 Å². The maximum Gasteiger partial charge on any atom is 0.270 e. The third kappa shape index (κ3) is 3.31. The van der Waals surface area contributed by atoms with E-state index in [1.807, 2.05) is 24.3 Å². The van der Waals surface area contributed by atoms with Gasteiger partial charge in [-0.15, -0.1) is 5.10 Å². The lowest BCUT2D eigenvalue weighted by atomic mass is 10.1. The van der Waals surface area contributed by atoms with Crippen molar-refractivity contribution in [3.8, 4) is 0 Å². The Morgan fingerprint density at radius 3 is 2.70 bits per heavy atom. The molecule has 2 aromatic rings. The maximum atomic E-state index is 12.1. The highest BCUT2D eigenvalue weighted by Crippen LogP contribution is 2.22. The molecule has 1 aromatic heterocycles. The summed E-state index contributed by atoms with van der Waals surface area (Å²) >= 11 is 3.44. The number of hydrogen-bond acceptors (Lipinski definition) is 4. The highest BCUT2D eigenvalue weighted by Gasteiger charge is 2.31. The average molecular weight is 376 g/mol. The first kappa shape index (κ1) is 15.4. The van der Waals surface area contributed by atoms with Gasteiger partial charge >= 0.3 is 0 Å². The summed E-state index contributed by atoms with van der Waals surface area (Å²) < 4.78 is 2.51. The number of amides is 2. The standard InChI is InChI=1S/C15H14BrN5O2/c16-12-4-2-1-3-10(12)5-6-14(22)20-7-11(8-20)21-9-13(15(17)23)18-19-21/h1-6,9,11H,7-8H2,(H2,17,23)/b6-5+. The first-order chi connectivity index (χ1) is 11.0. The third-order valence-electron chi connectivity index (χ3n) is 3.62. The van der Waals surface area contributed by atoms with Crippen molar-refractivity contribution in [2.75, 3.05) is 13.1 Å². The normalized spacial score (nSPS) is 14.9. The van der Waals surface area contributed by atoms with Gasteiger partial charge in [0.05, 0.1) is 12.2 Å².